The summed E-state index contributed by atoms with van der Waals surface area (Å²) in [6, 6.07) is 0. The van der Waals surface area contributed by atoms with Crippen LogP contribution in [0.4, 0.5) is 0 Å². The summed E-state index contributed by atoms with van der Waals surface area (Å²) in [6.45, 7) is 6.13. The molecule has 2 aromatic rings. The fourth-order valence-electron chi connectivity index (χ4n) is 1.66. The molecule has 0 spiro atoms. The van der Waals surface area contributed by atoms with E-state index in [9.17, 15) is 0 Å². The van der Waals surface area contributed by atoms with E-state index >= 15 is 0 Å². The second-order valence-corrected chi connectivity index (χ2v) is 4.13. The number of halogens is 1. The number of fused-ring (bicyclic) bond motifs is 1. The van der Waals surface area contributed by atoms with Crippen LogP contribution in [0.5, 0.6) is 0 Å². The Hall–Kier alpha value is -1.20. The van der Waals surface area contributed by atoms with Crippen LogP contribution >= 0.6 is 11.6 Å². The first-order valence-corrected chi connectivity index (χ1v) is 6.03. The van der Waals surface area contributed by atoms with E-state index in [4.69, 9.17) is 16.3 Å². The quantitative estimate of drug-likeness (QED) is 0.606. The van der Waals surface area contributed by atoms with Crippen molar-refractivity contribution in [1.82, 2.24) is 19.7 Å². The highest BCUT2D eigenvalue weighted by Gasteiger charge is 2.09. The number of ether oxygens (including phenoxy) is 1. The molecular weight excluding hydrogens is 240 g/mol. The topological polar surface area (TPSA) is 52.8 Å². The fourth-order valence-corrected chi connectivity index (χ4v) is 1.79. The SMILES string of the molecule is CCCOCCn1nc(C)c2nc(Cl)ncc21. The van der Waals surface area contributed by atoms with Gasteiger partial charge in [0.2, 0.25) is 5.28 Å². The molecule has 92 valence electrons. The van der Waals surface area contributed by atoms with E-state index < -0.39 is 0 Å². The first kappa shape index (κ1) is 12.3. The molecule has 2 heterocycles. The lowest BCUT2D eigenvalue weighted by molar-refractivity contribution is 0.125. The van der Waals surface area contributed by atoms with Gasteiger partial charge in [-0.05, 0) is 24.9 Å². The fraction of sp³-hybridized carbons (Fsp3) is 0.545. The Morgan fingerprint density at radius 3 is 3.00 bits per heavy atom. The van der Waals surface area contributed by atoms with E-state index in [-0.39, 0.29) is 5.28 Å². The van der Waals surface area contributed by atoms with Gasteiger partial charge in [-0.3, -0.25) is 4.68 Å². The van der Waals surface area contributed by atoms with Crippen molar-refractivity contribution in [2.45, 2.75) is 26.8 Å². The summed E-state index contributed by atoms with van der Waals surface area (Å²) in [4.78, 5) is 8.15. The second kappa shape index (κ2) is 5.42. The molecule has 0 aromatic carbocycles. The predicted octanol–water partition coefficient (Wildman–Crippen LogP) is 2.21. The Bertz CT molecular complexity index is 511. The zero-order valence-electron chi connectivity index (χ0n) is 9.98. The second-order valence-electron chi connectivity index (χ2n) is 3.79. The van der Waals surface area contributed by atoms with Crippen molar-refractivity contribution < 1.29 is 4.74 Å². The van der Waals surface area contributed by atoms with Crippen LogP contribution in [0.1, 0.15) is 19.0 Å². The lowest BCUT2D eigenvalue weighted by Crippen LogP contribution is -2.08. The van der Waals surface area contributed by atoms with Gasteiger partial charge in [0.1, 0.15) is 11.0 Å². The first-order chi connectivity index (χ1) is 8.22. The number of rotatable bonds is 5. The van der Waals surface area contributed by atoms with Crippen molar-refractivity contribution in [2.75, 3.05) is 13.2 Å². The van der Waals surface area contributed by atoms with Gasteiger partial charge >= 0.3 is 0 Å². The molecule has 0 aliphatic carbocycles. The van der Waals surface area contributed by atoms with E-state index in [0.29, 0.717) is 13.2 Å². The number of hydrogen-bond donors (Lipinski definition) is 0. The first-order valence-electron chi connectivity index (χ1n) is 5.65. The molecule has 17 heavy (non-hydrogen) atoms. The summed E-state index contributed by atoms with van der Waals surface area (Å²) in [5.41, 5.74) is 2.56. The van der Waals surface area contributed by atoms with Crippen LogP contribution in [0, 0.1) is 6.92 Å². The third-order valence-electron chi connectivity index (χ3n) is 2.43. The van der Waals surface area contributed by atoms with Crippen LogP contribution in [-0.4, -0.2) is 33.0 Å². The maximum atomic E-state index is 5.76. The van der Waals surface area contributed by atoms with Gasteiger partial charge in [-0.1, -0.05) is 6.92 Å². The van der Waals surface area contributed by atoms with Crippen LogP contribution in [0.25, 0.3) is 11.0 Å². The largest absolute Gasteiger partial charge is 0.380 e. The van der Waals surface area contributed by atoms with E-state index in [1.165, 1.54) is 0 Å². The van der Waals surface area contributed by atoms with Crippen LogP contribution in [0.15, 0.2) is 6.20 Å². The maximum absolute atomic E-state index is 5.76. The van der Waals surface area contributed by atoms with Crippen LogP contribution in [-0.2, 0) is 11.3 Å². The Labute approximate surface area is 105 Å². The minimum atomic E-state index is 0.252. The molecule has 0 unspecified atom stereocenters. The molecule has 6 heteroatoms. The molecule has 0 amide bonds. The Morgan fingerprint density at radius 1 is 1.41 bits per heavy atom. The molecule has 0 saturated carbocycles. The molecule has 0 bridgehead atoms. The molecule has 0 N–H and O–H groups in total. The molecule has 2 rings (SSSR count). The van der Waals surface area contributed by atoms with Crippen molar-refractivity contribution in [3.05, 3.63) is 17.2 Å². The molecular formula is C11H15ClN4O. The highest BCUT2D eigenvalue weighted by atomic mass is 35.5. The van der Waals surface area contributed by atoms with Gasteiger partial charge in [-0.25, -0.2) is 9.97 Å². The van der Waals surface area contributed by atoms with Crippen molar-refractivity contribution in [3.63, 3.8) is 0 Å². The summed E-state index contributed by atoms with van der Waals surface area (Å²) < 4.78 is 7.30. The zero-order valence-corrected chi connectivity index (χ0v) is 10.7. The normalized spacial score (nSPS) is 11.2. The highest BCUT2D eigenvalue weighted by Crippen LogP contribution is 2.16. The van der Waals surface area contributed by atoms with Crippen molar-refractivity contribution in [2.24, 2.45) is 0 Å². The number of aryl methyl sites for hydroxylation is 1. The van der Waals surface area contributed by atoms with Gasteiger partial charge in [0.15, 0.2) is 0 Å². The molecule has 0 radical (unpaired) electrons. The minimum Gasteiger partial charge on any atom is -0.380 e. The monoisotopic (exact) mass is 254 g/mol. The third kappa shape index (κ3) is 2.73. The zero-order chi connectivity index (χ0) is 12.3. The number of hydrogen-bond acceptors (Lipinski definition) is 4. The summed E-state index contributed by atoms with van der Waals surface area (Å²) in [6.07, 6.45) is 2.72. The lowest BCUT2D eigenvalue weighted by atomic mass is 10.4. The Morgan fingerprint density at radius 2 is 2.24 bits per heavy atom. The average molecular weight is 255 g/mol. The standard InChI is InChI=1S/C11H15ClN4O/c1-3-5-17-6-4-16-9-7-13-11(12)14-10(9)8(2)15-16/h7H,3-6H2,1-2H3. The molecule has 0 aliphatic rings. The van der Waals surface area contributed by atoms with Gasteiger partial charge in [0, 0.05) is 6.61 Å². The summed E-state index contributed by atoms with van der Waals surface area (Å²) in [5.74, 6) is 0. The smallest absolute Gasteiger partial charge is 0.223 e. The number of aromatic nitrogens is 4. The maximum Gasteiger partial charge on any atom is 0.223 e. The molecule has 0 fully saturated rings. The van der Waals surface area contributed by atoms with Crippen LogP contribution in [0.3, 0.4) is 0 Å². The van der Waals surface area contributed by atoms with E-state index in [1.54, 1.807) is 6.20 Å². The van der Waals surface area contributed by atoms with Crippen molar-refractivity contribution >= 4 is 22.6 Å². The van der Waals surface area contributed by atoms with Gasteiger partial charge in [-0.15, -0.1) is 0 Å². The minimum absolute atomic E-state index is 0.252. The molecule has 0 atom stereocenters. The highest BCUT2D eigenvalue weighted by molar-refractivity contribution is 6.28. The van der Waals surface area contributed by atoms with E-state index in [1.807, 2.05) is 11.6 Å². The van der Waals surface area contributed by atoms with E-state index in [0.717, 1.165) is 29.8 Å². The molecule has 0 aliphatic heterocycles. The lowest BCUT2D eigenvalue weighted by Gasteiger charge is -2.03. The van der Waals surface area contributed by atoms with Gasteiger partial charge in [0.05, 0.1) is 25.0 Å². The molecule has 2 aromatic heterocycles. The van der Waals surface area contributed by atoms with Gasteiger partial charge in [0.25, 0.3) is 0 Å². The predicted molar refractivity (Wildman–Crippen MR) is 66.2 cm³/mol. The van der Waals surface area contributed by atoms with Gasteiger partial charge < -0.3 is 4.74 Å². The summed E-state index contributed by atoms with van der Waals surface area (Å²) in [5, 5.41) is 4.66. The Kier molecular flexibility index (Phi) is 3.91. The number of nitrogens with zero attached hydrogens (tertiary/aromatic N) is 4. The average Bonchev–Trinajstić information content (AvgIpc) is 2.62. The summed E-state index contributed by atoms with van der Waals surface area (Å²) >= 11 is 5.76. The molecule has 5 nitrogen and oxygen atoms in total. The van der Waals surface area contributed by atoms with Crippen molar-refractivity contribution in [3.8, 4) is 0 Å². The molecule has 0 saturated heterocycles. The van der Waals surface area contributed by atoms with Gasteiger partial charge in [-0.2, -0.15) is 5.10 Å². The summed E-state index contributed by atoms with van der Waals surface area (Å²) in [7, 11) is 0. The van der Waals surface area contributed by atoms with Crippen molar-refractivity contribution in [1.29, 1.82) is 0 Å². The Balaban J connectivity index is 2.17. The van der Waals surface area contributed by atoms with E-state index in [2.05, 4.69) is 22.0 Å². The van der Waals surface area contributed by atoms with Crippen LogP contribution < -0.4 is 0 Å². The van der Waals surface area contributed by atoms with Crippen LogP contribution in [0.2, 0.25) is 5.28 Å². The third-order valence-corrected chi connectivity index (χ3v) is 2.61.